The number of hydrogen-bond acceptors (Lipinski definition) is 5. The van der Waals surface area contributed by atoms with Crippen molar-refractivity contribution in [2.75, 3.05) is 16.9 Å². The van der Waals surface area contributed by atoms with Crippen LogP contribution in [-0.4, -0.2) is 18.2 Å². The van der Waals surface area contributed by atoms with E-state index in [1.54, 1.807) is 30.3 Å². The first-order valence-electron chi connectivity index (χ1n) is 12.9. The van der Waals surface area contributed by atoms with Crippen molar-refractivity contribution in [2.45, 2.75) is 19.4 Å². The molecule has 6 heteroatoms. The lowest BCUT2D eigenvalue weighted by molar-refractivity contribution is -0.112. The van der Waals surface area contributed by atoms with E-state index >= 15 is 0 Å². The molecule has 1 aliphatic heterocycles. The molecule has 0 spiro atoms. The monoisotopic (exact) mass is 512 g/mol. The van der Waals surface area contributed by atoms with E-state index in [4.69, 9.17) is 9.84 Å². The molecule has 39 heavy (non-hydrogen) atoms. The van der Waals surface area contributed by atoms with Gasteiger partial charge in [-0.3, -0.25) is 9.80 Å². The number of rotatable bonds is 8. The van der Waals surface area contributed by atoms with E-state index in [2.05, 4.69) is 34.6 Å². The Bertz CT molecular complexity index is 1520. The van der Waals surface area contributed by atoms with Crippen LogP contribution in [0, 0.1) is 11.3 Å². The third kappa shape index (κ3) is 6.06. The van der Waals surface area contributed by atoms with Crippen LogP contribution in [-0.2, 0) is 4.79 Å². The highest BCUT2D eigenvalue weighted by Gasteiger charge is 2.29. The molecule has 0 bridgehead atoms. The van der Waals surface area contributed by atoms with E-state index in [9.17, 15) is 10.1 Å². The van der Waals surface area contributed by atoms with Gasteiger partial charge in [0.2, 0.25) is 0 Å². The van der Waals surface area contributed by atoms with Crippen molar-refractivity contribution in [1.82, 2.24) is 0 Å². The molecular weight excluding hydrogens is 484 g/mol. The SMILES string of the molecule is CCOc1ccc(NC(=O)C(C#N)=Cc2ccc(N3N=C(c4ccccc4)CC3c3ccccc3)cc2)cc1. The summed E-state index contributed by atoms with van der Waals surface area (Å²) in [6.07, 6.45) is 2.38. The minimum absolute atomic E-state index is 0.0179. The molecule has 0 aromatic heterocycles. The molecular formula is C33H28N4O2. The van der Waals surface area contributed by atoms with Gasteiger partial charge in [-0.25, -0.2) is 0 Å². The molecule has 1 aliphatic rings. The van der Waals surface area contributed by atoms with E-state index in [0.717, 1.165) is 34.7 Å². The van der Waals surface area contributed by atoms with Gasteiger partial charge in [0.1, 0.15) is 17.4 Å². The Hall–Kier alpha value is -5.15. The fraction of sp³-hybridized carbons (Fsp3) is 0.121. The van der Waals surface area contributed by atoms with Crippen molar-refractivity contribution in [3.8, 4) is 11.8 Å². The predicted octanol–water partition coefficient (Wildman–Crippen LogP) is 6.99. The second-order valence-corrected chi connectivity index (χ2v) is 9.06. The van der Waals surface area contributed by atoms with E-state index in [1.807, 2.05) is 73.7 Å². The standard InChI is InChI=1S/C33H28N4O2/c1-2-39-30-19-15-28(16-20-30)35-33(38)27(23-34)21-24-13-17-29(18-14-24)37-32(26-11-7-4-8-12-26)22-31(36-37)25-9-5-3-6-10-25/h3-21,32H,2,22H2,1H3,(H,35,38). The molecule has 0 aliphatic carbocycles. The number of benzene rings is 4. The quantitative estimate of drug-likeness (QED) is 0.204. The smallest absolute Gasteiger partial charge is 0.266 e. The summed E-state index contributed by atoms with van der Waals surface area (Å²) < 4.78 is 5.43. The number of carbonyl (C=O) groups is 1. The molecule has 4 aromatic carbocycles. The first-order valence-corrected chi connectivity index (χ1v) is 12.9. The van der Waals surface area contributed by atoms with Crippen LogP contribution in [0.2, 0.25) is 0 Å². The Balaban J connectivity index is 1.36. The van der Waals surface area contributed by atoms with Gasteiger partial charge in [0.15, 0.2) is 0 Å². The number of nitriles is 1. The molecule has 0 saturated heterocycles. The maximum absolute atomic E-state index is 12.7. The normalized spacial score (nSPS) is 14.9. The van der Waals surface area contributed by atoms with Gasteiger partial charge in [0.25, 0.3) is 5.91 Å². The van der Waals surface area contributed by atoms with Gasteiger partial charge in [-0.15, -0.1) is 0 Å². The highest BCUT2D eigenvalue weighted by Crippen LogP contribution is 2.36. The summed E-state index contributed by atoms with van der Waals surface area (Å²) in [5, 5.41) is 19.5. The highest BCUT2D eigenvalue weighted by molar-refractivity contribution is 6.09. The fourth-order valence-corrected chi connectivity index (χ4v) is 4.53. The Morgan fingerprint density at radius 2 is 1.64 bits per heavy atom. The lowest BCUT2D eigenvalue weighted by atomic mass is 9.98. The van der Waals surface area contributed by atoms with Crippen molar-refractivity contribution in [1.29, 1.82) is 5.26 Å². The molecule has 1 amide bonds. The van der Waals surface area contributed by atoms with Crippen molar-refractivity contribution in [3.63, 3.8) is 0 Å². The summed E-state index contributed by atoms with van der Waals surface area (Å²) >= 11 is 0. The van der Waals surface area contributed by atoms with E-state index in [0.29, 0.717) is 12.3 Å². The van der Waals surface area contributed by atoms with Crippen molar-refractivity contribution in [2.24, 2.45) is 5.10 Å². The van der Waals surface area contributed by atoms with E-state index in [-0.39, 0.29) is 11.6 Å². The molecule has 0 radical (unpaired) electrons. The van der Waals surface area contributed by atoms with Gasteiger partial charge < -0.3 is 10.1 Å². The Morgan fingerprint density at radius 1 is 0.974 bits per heavy atom. The number of anilines is 2. The molecule has 1 N–H and O–H groups in total. The van der Waals surface area contributed by atoms with Gasteiger partial charge in [-0.2, -0.15) is 10.4 Å². The number of hydrogen-bond donors (Lipinski definition) is 1. The average molecular weight is 513 g/mol. The first-order chi connectivity index (χ1) is 19.1. The van der Waals surface area contributed by atoms with Crippen molar-refractivity contribution >= 4 is 29.1 Å². The number of carbonyl (C=O) groups excluding carboxylic acids is 1. The summed E-state index contributed by atoms with van der Waals surface area (Å²) in [5.41, 5.74) is 5.62. The fourth-order valence-electron chi connectivity index (χ4n) is 4.53. The van der Waals surface area contributed by atoms with E-state index in [1.165, 1.54) is 5.56 Å². The van der Waals surface area contributed by atoms with Crippen LogP contribution in [0.3, 0.4) is 0 Å². The van der Waals surface area contributed by atoms with Crippen LogP contribution in [0.25, 0.3) is 6.08 Å². The summed E-state index contributed by atoms with van der Waals surface area (Å²) in [6, 6.07) is 37.5. The minimum atomic E-state index is -0.466. The lowest BCUT2D eigenvalue weighted by Crippen LogP contribution is -2.18. The van der Waals surface area contributed by atoms with Crippen LogP contribution in [0.15, 0.2) is 120 Å². The van der Waals surface area contributed by atoms with Gasteiger partial charge >= 0.3 is 0 Å². The molecule has 1 unspecified atom stereocenters. The molecule has 0 fully saturated rings. The topological polar surface area (TPSA) is 77.7 Å². The molecule has 192 valence electrons. The molecule has 1 atom stereocenters. The minimum Gasteiger partial charge on any atom is -0.494 e. The number of nitrogens with one attached hydrogen (secondary N) is 1. The van der Waals surface area contributed by atoms with Crippen LogP contribution < -0.4 is 15.1 Å². The van der Waals surface area contributed by atoms with Gasteiger partial charge in [-0.05, 0) is 66.1 Å². The largest absolute Gasteiger partial charge is 0.494 e. The zero-order valence-corrected chi connectivity index (χ0v) is 21.6. The zero-order valence-electron chi connectivity index (χ0n) is 21.6. The second-order valence-electron chi connectivity index (χ2n) is 9.06. The van der Waals surface area contributed by atoms with Crippen LogP contribution in [0.5, 0.6) is 5.75 Å². The average Bonchev–Trinajstić information content (AvgIpc) is 3.44. The molecule has 0 saturated carbocycles. The van der Waals surface area contributed by atoms with Gasteiger partial charge in [-0.1, -0.05) is 72.8 Å². The summed E-state index contributed by atoms with van der Waals surface area (Å²) in [5.74, 6) is 0.255. The predicted molar refractivity (Wildman–Crippen MR) is 156 cm³/mol. The maximum Gasteiger partial charge on any atom is 0.266 e. The van der Waals surface area contributed by atoms with E-state index < -0.39 is 5.91 Å². The first kappa shape index (κ1) is 25.5. The Morgan fingerprint density at radius 3 is 2.28 bits per heavy atom. The Kier molecular flexibility index (Phi) is 7.80. The van der Waals surface area contributed by atoms with Crippen LogP contribution in [0.4, 0.5) is 11.4 Å². The van der Waals surface area contributed by atoms with Gasteiger partial charge in [0.05, 0.1) is 24.0 Å². The number of ether oxygens (including phenoxy) is 1. The molecule has 6 nitrogen and oxygen atoms in total. The Labute approximate surface area is 228 Å². The van der Waals surface area contributed by atoms with Crippen LogP contribution in [0.1, 0.15) is 36.1 Å². The zero-order chi connectivity index (χ0) is 27.0. The van der Waals surface area contributed by atoms with Crippen LogP contribution >= 0.6 is 0 Å². The maximum atomic E-state index is 12.7. The number of nitrogens with zero attached hydrogens (tertiary/aromatic N) is 3. The molecule has 4 aromatic rings. The number of hydrazone groups is 1. The summed E-state index contributed by atoms with van der Waals surface area (Å²) in [6.45, 7) is 2.48. The summed E-state index contributed by atoms with van der Waals surface area (Å²) in [7, 11) is 0. The molecule has 5 rings (SSSR count). The van der Waals surface area contributed by atoms with Crippen molar-refractivity contribution in [3.05, 3.63) is 131 Å². The van der Waals surface area contributed by atoms with Crippen molar-refractivity contribution < 1.29 is 9.53 Å². The number of amides is 1. The van der Waals surface area contributed by atoms with Gasteiger partial charge in [0, 0.05) is 12.1 Å². The second kappa shape index (κ2) is 11.9. The highest BCUT2D eigenvalue weighted by atomic mass is 16.5. The molecule has 1 heterocycles. The third-order valence-corrected chi connectivity index (χ3v) is 6.46. The third-order valence-electron chi connectivity index (χ3n) is 6.46. The summed E-state index contributed by atoms with van der Waals surface area (Å²) in [4.78, 5) is 12.7. The lowest BCUT2D eigenvalue weighted by Gasteiger charge is -2.24.